The van der Waals surface area contributed by atoms with Crippen LogP contribution in [0, 0.1) is 34.6 Å². The molecule has 1 aliphatic heterocycles. The number of pyridine rings is 1. The molecule has 1 saturated carbocycles. The molecule has 3 heterocycles. The molecule has 2 aliphatic rings. The zero-order valence-electron chi connectivity index (χ0n) is 21.1. The van der Waals surface area contributed by atoms with Gasteiger partial charge in [-0.1, -0.05) is 43.0 Å². The maximum Gasteiger partial charge on any atom is 0.170 e. The molecule has 3 aromatic rings. The zero-order chi connectivity index (χ0) is 24.0. The highest BCUT2D eigenvalue weighted by Crippen LogP contribution is 2.44. The van der Waals surface area contributed by atoms with Gasteiger partial charge in [-0.25, -0.2) is 0 Å². The van der Waals surface area contributed by atoms with E-state index in [0.29, 0.717) is 6.04 Å². The molecule has 34 heavy (non-hydrogen) atoms. The van der Waals surface area contributed by atoms with Gasteiger partial charge < -0.3 is 14.8 Å². The lowest BCUT2D eigenvalue weighted by Crippen LogP contribution is -2.40. The molecular weight excluding hydrogens is 436 g/mol. The fraction of sp³-hybridized carbons (Fsp3) is 0.448. The molecule has 5 heteroatoms. The summed E-state index contributed by atoms with van der Waals surface area (Å²) in [5.41, 5.74) is 10.2. The van der Waals surface area contributed by atoms with E-state index < -0.39 is 0 Å². The zero-order valence-corrected chi connectivity index (χ0v) is 21.9. The quantitative estimate of drug-likeness (QED) is 0.427. The number of hydrogen-bond donors (Lipinski definition) is 1. The summed E-state index contributed by atoms with van der Waals surface area (Å²) < 4.78 is 2.45. The third-order valence-electron chi connectivity index (χ3n) is 7.75. The van der Waals surface area contributed by atoms with Crippen LogP contribution in [0.5, 0.6) is 0 Å². The first-order chi connectivity index (χ1) is 16.4. The average molecular weight is 473 g/mol. The first-order valence-electron chi connectivity index (χ1n) is 12.6. The summed E-state index contributed by atoms with van der Waals surface area (Å²) in [5.74, 6) is 0. The van der Waals surface area contributed by atoms with Crippen LogP contribution in [0.1, 0.15) is 83.5 Å². The number of aromatic nitrogens is 2. The molecule has 0 amide bonds. The minimum Gasteiger partial charge on any atom is -0.352 e. The Morgan fingerprint density at radius 2 is 1.65 bits per heavy atom. The summed E-state index contributed by atoms with van der Waals surface area (Å²) >= 11 is 5.99. The van der Waals surface area contributed by atoms with Crippen molar-refractivity contribution in [3.05, 3.63) is 81.9 Å². The number of nitrogens with one attached hydrogen (secondary N) is 1. The van der Waals surface area contributed by atoms with Crippen LogP contribution in [0.15, 0.2) is 42.6 Å². The Hall–Kier alpha value is -2.66. The van der Waals surface area contributed by atoms with Crippen LogP contribution in [0.2, 0.25) is 0 Å². The highest BCUT2D eigenvalue weighted by molar-refractivity contribution is 7.80. The lowest BCUT2D eigenvalue weighted by Gasteiger charge is -2.37. The third kappa shape index (κ3) is 3.94. The second-order valence-corrected chi connectivity index (χ2v) is 10.6. The van der Waals surface area contributed by atoms with Gasteiger partial charge in [0.05, 0.1) is 23.5 Å². The maximum absolute atomic E-state index is 5.99. The van der Waals surface area contributed by atoms with Crippen molar-refractivity contribution >= 4 is 17.3 Å². The Morgan fingerprint density at radius 3 is 2.29 bits per heavy atom. The first-order valence-corrected chi connectivity index (χ1v) is 13.0. The van der Waals surface area contributed by atoms with E-state index in [1.54, 1.807) is 0 Å². The van der Waals surface area contributed by atoms with Gasteiger partial charge in [-0.2, -0.15) is 0 Å². The Bertz CT molecular complexity index is 1180. The van der Waals surface area contributed by atoms with Gasteiger partial charge >= 0.3 is 0 Å². The lowest BCUT2D eigenvalue weighted by molar-refractivity contribution is 0.197. The third-order valence-corrected chi connectivity index (χ3v) is 8.08. The van der Waals surface area contributed by atoms with E-state index in [1.807, 2.05) is 12.3 Å². The van der Waals surface area contributed by atoms with Crippen molar-refractivity contribution in [2.75, 3.05) is 0 Å². The fourth-order valence-corrected chi connectivity index (χ4v) is 6.80. The van der Waals surface area contributed by atoms with Gasteiger partial charge in [0.25, 0.3) is 0 Å². The molecule has 2 atom stereocenters. The molecule has 5 rings (SSSR count). The van der Waals surface area contributed by atoms with Crippen LogP contribution >= 0.6 is 12.2 Å². The lowest BCUT2D eigenvalue weighted by atomic mass is 9.90. The van der Waals surface area contributed by atoms with Gasteiger partial charge in [-0.3, -0.25) is 4.98 Å². The number of rotatable bonds is 4. The fourth-order valence-electron chi connectivity index (χ4n) is 6.41. The van der Waals surface area contributed by atoms with Gasteiger partial charge in [0.15, 0.2) is 5.11 Å². The SMILES string of the molecule is Cc1cc(C)c(-n2c(C)cc([C@H]3[C@@H](c4ccccn4)NC(=S)N3C3CCCCC3)c2C)c(C)c1. The van der Waals surface area contributed by atoms with E-state index >= 15 is 0 Å². The molecule has 1 aromatic carbocycles. The molecule has 0 radical (unpaired) electrons. The van der Waals surface area contributed by atoms with Gasteiger partial charge in [-0.15, -0.1) is 0 Å². The predicted molar refractivity (Wildman–Crippen MR) is 144 cm³/mol. The standard InChI is InChI=1S/C29H36N4S/c1-18-15-19(2)27(20(3)16-18)32-21(4)17-24(22(32)5)28-26(25-13-9-10-14-30-25)31-29(34)33(28)23-11-7-6-8-12-23/h9-10,13-17,23,26,28H,6-8,11-12H2,1-5H3,(H,31,34)/t26-,28+/m1/s1. The van der Waals surface area contributed by atoms with Crippen molar-refractivity contribution in [1.29, 1.82) is 0 Å². The highest BCUT2D eigenvalue weighted by atomic mass is 32.1. The van der Waals surface area contributed by atoms with Crippen molar-refractivity contribution in [2.24, 2.45) is 0 Å². The average Bonchev–Trinajstić information content (AvgIpc) is 3.30. The Balaban J connectivity index is 1.66. The Labute approximate surface area is 209 Å². The van der Waals surface area contributed by atoms with Crippen molar-refractivity contribution in [3.63, 3.8) is 0 Å². The second kappa shape index (κ2) is 9.18. The van der Waals surface area contributed by atoms with E-state index in [-0.39, 0.29) is 12.1 Å². The van der Waals surface area contributed by atoms with Crippen molar-refractivity contribution in [2.45, 2.75) is 84.8 Å². The molecule has 1 aliphatic carbocycles. The molecule has 0 unspecified atom stereocenters. The minimum atomic E-state index is 0.0461. The van der Waals surface area contributed by atoms with E-state index in [0.717, 1.165) is 10.8 Å². The number of hydrogen-bond acceptors (Lipinski definition) is 2. The molecular formula is C29H36N4S. The first kappa shape index (κ1) is 23.1. The van der Waals surface area contributed by atoms with Crippen LogP contribution in [0.4, 0.5) is 0 Å². The topological polar surface area (TPSA) is 33.1 Å². The molecule has 0 bridgehead atoms. The number of aryl methyl sites for hydroxylation is 4. The number of benzene rings is 1. The van der Waals surface area contributed by atoms with Gasteiger partial charge in [0.1, 0.15) is 0 Å². The molecule has 4 nitrogen and oxygen atoms in total. The summed E-state index contributed by atoms with van der Waals surface area (Å²) in [6, 6.07) is 13.8. The Morgan fingerprint density at radius 1 is 0.941 bits per heavy atom. The van der Waals surface area contributed by atoms with E-state index in [9.17, 15) is 0 Å². The van der Waals surface area contributed by atoms with Crippen LogP contribution in [-0.4, -0.2) is 25.6 Å². The van der Waals surface area contributed by atoms with Crippen molar-refractivity contribution in [3.8, 4) is 5.69 Å². The summed E-state index contributed by atoms with van der Waals surface area (Å²) in [7, 11) is 0. The maximum atomic E-state index is 5.99. The summed E-state index contributed by atoms with van der Waals surface area (Å²) in [6.45, 7) is 11.1. The number of nitrogens with zero attached hydrogens (tertiary/aromatic N) is 3. The predicted octanol–water partition coefficient (Wildman–Crippen LogP) is 6.72. The van der Waals surface area contributed by atoms with E-state index in [1.165, 1.54) is 71.4 Å². The molecule has 1 saturated heterocycles. The largest absolute Gasteiger partial charge is 0.352 e. The van der Waals surface area contributed by atoms with Crippen LogP contribution < -0.4 is 5.32 Å². The van der Waals surface area contributed by atoms with Crippen molar-refractivity contribution in [1.82, 2.24) is 19.8 Å². The minimum absolute atomic E-state index is 0.0461. The number of thiocarbonyl (C=S) groups is 1. The molecule has 2 fully saturated rings. The van der Waals surface area contributed by atoms with Gasteiger partial charge in [0.2, 0.25) is 0 Å². The molecule has 0 spiro atoms. The smallest absolute Gasteiger partial charge is 0.170 e. The van der Waals surface area contributed by atoms with Gasteiger partial charge in [0, 0.05) is 23.6 Å². The Kier molecular flexibility index (Phi) is 6.24. The highest BCUT2D eigenvalue weighted by Gasteiger charge is 2.44. The van der Waals surface area contributed by atoms with Crippen molar-refractivity contribution < 1.29 is 0 Å². The molecule has 2 aromatic heterocycles. The normalized spacial score (nSPS) is 21.2. The molecule has 1 N–H and O–H groups in total. The van der Waals surface area contributed by atoms with E-state index in [2.05, 4.69) is 79.7 Å². The summed E-state index contributed by atoms with van der Waals surface area (Å²) in [6.07, 6.45) is 8.21. The van der Waals surface area contributed by atoms with E-state index in [4.69, 9.17) is 17.2 Å². The summed E-state index contributed by atoms with van der Waals surface area (Å²) in [5, 5.41) is 4.55. The monoisotopic (exact) mass is 472 g/mol. The second-order valence-electron chi connectivity index (χ2n) is 10.2. The van der Waals surface area contributed by atoms with Crippen LogP contribution in [-0.2, 0) is 0 Å². The molecule has 178 valence electrons. The van der Waals surface area contributed by atoms with Crippen LogP contribution in [0.3, 0.4) is 0 Å². The van der Waals surface area contributed by atoms with Gasteiger partial charge in [-0.05, 0) is 94.6 Å². The summed E-state index contributed by atoms with van der Waals surface area (Å²) in [4.78, 5) is 7.27. The van der Waals surface area contributed by atoms with Crippen LogP contribution in [0.25, 0.3) is 5.69 Å².